The molecule has 8 heteroatoms. The maximum atomic E-state index is 13.0. The Bertz CT molecular complexity index is 1060. The van der Waals surface area contributed by atoms with Crippen molar-refractivity contribution >= 4 is 22.8 Å². The molecule has 0 aliphatic carbocycles. The van der Waals surface area contributed by atoms with Gasteiger partial charge in [0.2, 0.25) is 5.95 Å². The second kappa shape index (κ2) is 6.45. The van der Waals surface area contributed by atoms with Gasteiger partial charge in [0, 0.05) is 39.0 Å². The molecule has 3 heterocycles. The van der Waals surface area contributed by atoms with Gasteiger partial charge in [-0.05, 0) is 25.0 Å². The number of anilines is 2. The zero-order valence-electron chi connectivity index (χ0n) is 14.6. The minimum Gasteiger partial charge on any atom is -0.396 e. The molecule has 3 aromatic rings. The quantitative estimate of drug-likeness (QED) is 0.749. The summed E-state index contributed by atoms with van der Waals surface area (Å²) in [6, 6.07) is 9.91. The third-order valence-electron chi connectivity index (χ3n) is 4.82. The minimum absolute atomic E-state index is 0.0695. The molecule has 4 rings (SSSR count). The minimum atomic E-state index is -0.405. The number of aryl methyl sites for hydroxylation is 2. The summed E-state index contributed by atoms with van der Waals surface area (Å²) in [4.78, 5) is 32.2. The van der Waals surface area contributed by atoms with Gasteiger partial charge in [-0.2, -0.15) is 4.98 Å². The SMILES string of the molecule is Cn1c(=O)n(CCCO)c(=O)c2c1nc1n2CCCN1c1ccccc1. The van der Waals surface area contributed by atoms with Crippen molar-refractivity contribution in [2.75, 3.05) is 18.1 Å². The lowest BCUT2D eigenvalue weighted by atomic mass is 10.2. The van der Waals surface area contributed by atoms with Crippen LogP contribution in [0.3, 0.4) is 0 Å². The average Bonchev–Trinajstić information content (AvgIpc) is 3.07. The molecule has 1 aromatic carbocycles. The molecule has 8 nitrogen and oxygen atoms in total. The number of hydrogen-bond donors (Lipinski definition) is 1. The van der Waals surface area contributed by atoms with Crippen LogP contribution in [0.15, 0.2) is 39.9 Å². The first-order valence-corrected chi connectivity index (χ1v) is 8.77. The highest BCUT2D eigenvalue weighted by Gasteiger charge is 2.26. The molecule has 2 aromatic heterocycles. The molecule has 1 aliphatic rings. The van der Waals surface area contributed by atoms with Crippen molar-refractivity contribution in [2.24, 2.45) is 7.05 Å². The fourth-order valence-electron chi connectivity index (χ4n) is 3.54. The molecule has 0 bridgehead atoms. The summed E-state index contributed by atoms with van der Waals surface area (Å²) >= 11 is 0. The molecular weight excluding hydrogens is 334 g/mol. The second-order valence-corrected chi connectivity index (χ2v) is 6.45. The lowest BCUT2D eigenvalue weighted by Crippen LogP contribution is -2.40. The maximum absolute atomic E-state index is 13.0. The monoisotopic (exact) mass is 355 g/mol. The van der Waals surface area contributed by atoms with Crippen molar-refractivity contribution in [3.05, 3.63) is 51.2 Å². The Morgan fingerprint density at radius 2 is 1.92 bits per heavy atom. The van der Waals surface area contributed by atoms with Crippen molar-refractivity contribution in [3.8, 4) is 0 Å². The largest absolute Gasteiger partial charge is 0.396 e. The van der Waals surface area contributed by atoms with Crippen LogP contribution in [-0.2, 0) is 20.1 Å². The van der Waals surface area contributed by atoms with Crippen LogP contribution in [0.1, 0.15) is 12.8 Å². The van der Waals surface area contributed by atoms with Crippen LogP contribution in [-0.4, -0.2) is 36.9 Å². The third kappa shape index (κ3) is 2.45. The van der Waals surface area contributed by atoms with Gasteiger partial charge in [-0.25, -0.2) is 4.79 Å². The van der Waals surface area contributed by atoms with E-state index >= 15 is 0 Å². The molecule has 0 amide bonds. The van der Waals surface area contributed by atoms with Gasteiger partial charge in [0.15, 0.2) is 11.2 Å². The first kappa shape index (κ1) is 16.6. The van der Waals surface area contributed by atoms with Gasteiger partial charge in [0.05, 0.1) is 0 Å². The molecule has 1 N–H and O–H groups in total. The third-order valence-corrected chi connectivity index (χ3v) is 4.82. The Kier molecular flexibility index (Phi) is 4.12. The number of aromatic nitrogens is 4. The molecule has 0 atom stereocenters. The van der Waals surface area contributed by atoms with Gasteiger partial charge in [-0.3, -0.25) is 13.9 Å². The van der Waals surface area contributed by atoms with E-state index in [-0.39, 0.29) is 18.7 Å². The molecule has 1 aliphatic heterocycles. The van der Waals surface area contributed by atoms with Gasteiger partial charge in [0.25, 0.3) is 5.56 Å². The van der Waals surface area contributed by atoms with Crippen LogP contribution in [0.25, 0.3) is 11.2 Å². The number of rotatable bonds is 4. The Hall–Kier alpha value is -2.87. The summed E-state index contributed by atoms with van der Waals surface area (Å²) in [5.41, 5.74) is 1.11. The van der Waals surface area contributed by atoms with E-state index in [1.807, 2.05) is 34.9 Å². The standard InChI is InChI=1S/C18H21N5O3/c1-20-15-14(16(25)23(18(20)26)11-6-12-24)22-10-5-9-21(17(22)19-15)13-7-3-2-4-8-13/h2-4,7-8,24H,5-6,9-12H2,1H3. The number of hydrogen-bond acceptors (Lipinski definition) is 5. The molecule has 26 heavy (non-hydrogen) atoms. The number of nitrogens with zero attached hydrogens (tertiary/aromatic N) is 5. The summed E-state index contributed by atoms with van der Waals surface area (Å²) in [6.45, 7) is 1.61. The van der Waals surface area contributed by atoms with E-state index < -0.39 is 5.69 Å². The van der Waals surface area contributed by atoms with Crippen LogP contribution in [0, 0.1) is 0 Å². The highest BCUT2D eigenvalue weighted by molar-refractivity contribution is 5.77. The lowest BCUT2D eigenvalue weighted by molar-refractivity contribution is 0.277. The Balaban J connectivity index is 1.96. The molecular formula is C18H21N5O3. The zero-order chi connectivity index (χ0) is 18.3. The van der Waals surface area contributed by atoms with Crippen molar-refractivity contribution in [1.29, 1.82) is 0 Å². The van der Waals surface area contributed by atoms with Crippen molar-refractivity contribution in [3.63, 3.8) is 0 Å². The predicted octanol–water partition coefficient (Wildman–Crippen LogP) is 0.821. The van der Waals surface area contributed by atoms with Gasteiger partial charge in [-0.15, -0.1) is 0 Å². The Morgan fingerprint density at radius 3 is 2.65 bits per heavy atom. The number of imidazole rings is 1. The topological polar surface area (TPSA) is 85.3 Å². The summed E-state index contributed by atoms with van der Waals surface area (Å²) in [5.74, 6) is 0.685. The van der Waals surface area contributed by atoms with Crippen molar-refractivity contribution in [2.45, 2.75) is 25.9 Å². The number of aliphatic hydroxyl groups excluding tert-OH is 1. The van der Waals surface area contributed by atoms with Crippen molar-refractivity contribution < 1.29 is 5.11 Å². The lowest BCUT2D eigenvalue weighted by Gasteiger charge is -2.28. The van der Waals surface area contributed by atoms with Crippen LogP contribution >= 0.6 is 0 Å². The molecule has 0 unspecified atom stereocenters. The molecule has 0 radical (unpaired) electrons. The van der Waals surface area contributed by atoms with Gasteiger partial charge < -0.3 is 14.6 Å². The number of para-hydroxylation sites is 1. The fraction of sp³-hybridized carbons (Fsp3) is 0.389. The zero-order valence-corrected chi connectivity index (χ0v) is 14.6. The summed E-state index contributed by atoms with van der Waals surface area (Å²) < 4.78 is 4.51. The van der Waals surface area contributed by atoms with E-state index in [0.29, 0.717) is 30.1 Å². The second-order valence-electron chi connectivity index (χ2n) is 6.45. The van der Waals surface area contributed by atoms with Crippen LogP contribution in [0.2, 0.25) is 0 Å². The smallest absolute Gasteiger partial charge is 0.332 e. The predicted molar refractivity (Wildman–Crippen MR) is 99.0 cm³/mol. The Morgan fingerprint density at radius 1 is 1.15 bits per heavy atom. The van der Waals surface area contributed by atoms with E-state index in [4.69, 9.17) is 5.11 Å². The average molecular weight is 355 g/mol. The van der Waals surface area contributed by atoms with Crippen LogP contribution < -0.4 is 16.1 Å². The molecule has 0 spiro atoms. The van der Waals surface area contributed by atoms with Gasteiger partial charge >= 0.3 is 5.69 Å². The summed E-state index contributed by atoms with van der Waals surface area (Å²) in [5, 5.41) is 9.06. The highest BCUT2D eigenvalue weighted by Crippen LogP contribution is 2.30. The molecule has 0 saturated heterocycles. The molecule has 0 saturated carbocycles. The number of fused-ring (bicyclic) bond motifs is 3. The highest BCUT2D eigenvalue weighted by atomic mass is 16.3. The van der Waals surface area contributed by atoms with Gasteiger partial charge in [0.1, 0.15) is 0 Å². The van der Waals surface area contributed by atoms with Crippen LogP contribution in [0.4, 0.5) is 11.6 Å². The number of benzene rings is 1. The van der Waals surface area contributed by atoms with E-state index in [1.165, 1.54) is 9.13 Å². The van der Waals surface area contributed by atoms with Gasteiger partial charge in [-0.1, -0.05) is 18.2 Å². The Labute approximate surface area is 149 Å². The first-order valence-electron chi connectivity index (χ1n) is 8.77. The molecule has 0 fully saturated rings. The normalized spacial score (nSPS) is 14.0. The van der Waals surface area contributed by atoms with E-state index in [2.05, 4.69) is 9.88 Å². The first-order chi connectivity index (χ1) is 12.6. The van der Waals surface area contributed by atoms with E-state index in [9.17, 15) is 9.59 Å². The van der Waals surface area contributed by atoms with Crippen molar-refractivity contribution in [1.82, 2.24) is 18.7 Å². The van der Waals surface area contributed by atoms with Crippen LogP contribution in [0.5, 0.6) is 0 Å². The summed E-state index contributed by atoms with van der Waals surface area (Å²) in [6.07, 6.45) is 1.24. The van der Waals surface area contributed by atoms with E-state index in [0.717, 1.165) is 18.7 Å². The molecule has 136 valence electrons. The van der Waals surface area contributed by atoms with E-state index in [1.54, 1.807) is 7.05 Å². The summed E-state index contributed by atoms with van der Waals surface area (Å²) in [7, 11) is 1.63. The maximum Gasteiger partial charge on any atom is 0.332 e. The number of aliphatic hydroxyl groups is 1. The fourth-order valence-corrected chi connectivity index (χ4v) is 3.54.